The van der Waals surface area contributed by atoms with Crippen LogP contribution in [-0.2, 0) is 17.6 Å². The lowest BCUT2D eigenvalue weighted by Crippen LogP contribution is -2.30. The zero-order chi connectivity index (χ0) is 18.7. The Morgan fingerprint density at radius 2 is 1.92 bits per heavy atom. The average molecular weight is 354 g/mol. The quantitative estimate of drug-likeness (QED) is 0.645. The van der Waals surface area contributed by atoms with Crippen LogP contribution in [0, 0.1) is 17.0 Å². The molecule has 0 bridgehead atoms. The minimum Gasteiger partial charge on any atom is -0.481 e. The van der Waals surface area contributed by atoms with Crippen molar-refractivity contribution in [1.29, 1.82) is 0 Å². The van der Waals surface area contributed by atoms with Gasteiger partial charge >= 0.3 is 0 Å². The van der Waals surface area contributed by atoms with Crippen LogP contribution in [0.4, 0.5) is 11.4 Å². The van der Waals surface area contributed by atoms with Gasteiger partial charge in [0.2, 0.25) is 0 Å². The van der Waals surface area contributed by atoms with E-state index in [1.807, 2.05) is 12.1 Å². The zero-order valence-corrected chi connectivity index (χ0v) is 15.0. The van der Waals surface area contributed by atoms with Gasteiger partial charge in [0.25, 0.3) is 11.6 Å². The normalized spacial score (nSPS) is 14.2. The number of nitrogens with zero attached hydrogens (tertiary/aromatic N) is 1. The molecule has 0 spiro atoms. The molecule has 26 heavy (non-hydrogen) atoms. The highest BCUT2D eigenvalue weighted by atomic mass is 16.6. The van der Waals surface area contributed by atoms with Crippen molar-refractivity contribution in [3.63, 3.8) is 0 Å². The Morgan fingerprint density at radius 3 is 2.65 bits per heavy atom. The third-order valence-corrected chi connectivity index (χ3v) is 4.76. The Balaban J connectivity index is 1.69. The number of aryl methyl sites for hydroxylation is 2. The molecule has 1 amide bonds. The molecule has 6 nitrogen and oxygen atoms in total. The molecular formula is C20H22N2O4. The predicted molar refractivity (Wildman–Crippen MR) is 99.6 cm³/mol. The summed E-state index contributed by atoms with van der Waals surface area (Å²) in [4.78, 5) is 23.0. The van der Waals surface area contributed by atoms with Gasteiger partial charge in [0.05, 0.1) is 16.2 Å². The van der Waals surface area contributed by atoms with Crippen molar-refractivity contribution in [2.75, 3.05) is 5.32 Å². The first-order valence-electron chi connectivity index (χ1n) is 8.79. The van der Waals surface area contributed by atoms with Crippen LogP contribution in [-0.4, -0.2) is 16.9 Å². The van der Waals surface area contributed by atoms with E-state index >= 15 is 0 Å². The van der Waals surface area contributed by atoms with Crippen molar-refractivity contribution >= 4 is 17.3 Å². The van der Waals surface area contributed by atoms with Gasteiger partial charge in [-0.15, -0.1) is 0 Å². The number of nitro benzene ring substituents is 1. The highest BCUT2D eigenvalue weighted by Gasteiger charge is 2.20. The lowest BCUT2D eigenvalue weighted by Gasteiger charge is -2.19. The van der Waals surface area contributed by atoms with Crippen molar-refractivity contribution in [3.05, 3.63) is 63.2 Å². The summed E-state index contributed by atoms with van der Waals surface area (Å²) in [5.41, 5.74) is 3.46. The first-order chi connectivity index (χ1) is 12.5. The monoisotopic (exact) mass is 354 g/mol. The molecule has 2 aromatic rings. The van der Waals surface area contributed by atoms with Gasteiger partial charge in [0, 0.05) is 6.07 Å². The number of hydrogen-bond donors (Lipinski definition) is 1. The standard InChI is InChI=1S/C20H22N2O4/c1-13-18(8-5-9-19(13)22(24)25)21-20(23)14(2)26-17-11-10-15-6-3-4-7-16(15)12-17/h5,8-12,14H,3-4,6-7H2,1-2H3,(H,21,23). The van der Waals surface area contributed by atoms with Crippen LogP contribution in [0.1, 0.15) is 36.5 Å². The van der Waals surface area contributed by atoms with Crippen molar-refractivity contribution in [2.24, 2.45) is 0 Å². The molecule has 1 aliphatic carbocycles. The minimum absolute atomic E-state index is 0.0222. The highest BCUT2D eigenvalue weighted by Crippen LogP contribution is 2.27. The molecule has 1 N–H and O–H groups in total. The number of benzene rings is 2. The molecule has 1 aliphatic rings. The zero-order valence-electron chi connectivity index (χ0n) is 15.0. The molecule has 3 rings (SSSR count). The van der Waals surface area contributed by atoms with Crippen LogP contribution < -0.4 is 10.1 Å². The molecule has 0 saturated heterocycles. The second-order valence-electron chi connectivity index (χ2n) is 6.59. The van der Waals surface area contributed by atoms with Gasteiger partial charge in [-0.25, -0.2) is 0 Å². The van der Waals surface area contributed by atoms with Crippen LogP contribution in [0.3, 0.4) is 0 Å². The number of amides is 1. The van der Waals surface area contributed by atoms with Crippen LogP contribution in [0.25, 0.3) is 0 Å². The van der Waals surface area contributed by atoms with Crippen molar-refractivity contribution in [3.8, 4) is 5.75 Å². The summed E-state index contributed by atoms with van der Waals surface area (Å²) in [7, 11) is 0. The Morgan fingerprint density at radius 1 is 1.19 bits per heavy atom. The summed E-state index contributed by atoms with van der Waals surface area (Å²) in [6, 6.07) is 10.6. The molecule has 1 unspecified atom stereocenters. The van der Waals surface area contributed by atoms with Crippen LogP contribution in [0.15, 0.2) is 36.4 Å². The van der Waals surface area contributed by atoms with Crippen molar-refractivity contribution in [1.82, 2.24) is 0 Å². The number of fused-ring (bicyclic) bond motifs is 1. The summed E-state index contributed by atoms with van der Waals surface area (Å²) >= 11 is 0. The van der Waals surface area contributed by atoms with Crippen LogP contribution in [0.5, 0.6) is 5.75 Å². The van der Waals surface area contributed by atoms with Gasteiger partial charge in [-0.05, 0) is 68.9 Å². The summed E-state index contributed by atoms with van der Waals surface area (Å²) in [6.45, 7) is 3.28. The average Bonchev–Trinajstić information content (AvgIpc) is 2.63. The molecule has 0 aromatic heterocycles. The van der Waals surface area contributed by atoms with E-state index in [0.717, 1.165) is 12.8 Å². The fraction of sp³-hybridized carbons (Fsp3) is 0.350. The second kappa shape index (κ2) is 7.56. The molecule has 0 aliphatic heterocycles. The van der Waals surface area contributed by atoms with E-state index in [1.54, 1.807) is 26.0 Å². The van der Waals surface area contributed by atoms with E-state index in [4.69, 9.17) is 4.74 Å². The van der Waals surface area contributed by atoms with Gasteiger partial charge in [-0.2, -0.15) is 0 Å². The molecule has 2 aromatic carbocycles. The number of rotatable bonds is 5. The smallest absolute Gasteiger partial charge is 0.274 e. The number of ether oxygens (including phenoxy) is 1. The molecule has 6 heteroatoms. The molecule has 136 valence electrons. The summed E-state index contributed by atoms with van der Waals surface area (Å²) in [5.74, 6) is 0.329. The lowest BCUT2D eigenvalue weighted by atomic mass is 9.92. The summed E-state index contributed by atoms with van der Waals surface area (Å²) in [5, 5.41) is 13.7. The Hall–Kier alpha value is -2.89. The first-order valence-corrected chi connectivity index (χ1v) is 8.79. The van der Waals surface area contributed by atoms with E-state index in [1.165, 1.54) is 30.0 Å². The fourth-order valence-corrected chi connectivity index (χ4v) is 3.23. The Bertz CT molecular complexity index is 848. The van der Waals surface area contributed by atoms with Gasteiger partial charge in [0.15, 0.2) is 6.10 Å². The molecular weight excluding hydrogens is 332 g/mol. The number of nitro groups is 1. The van der Waals surface area contributed by atoms with Crippen molar-refractivity contribution < 1.29 is 14.5 Å². The molecule has 1 atom stereocenters. The number of hydrogen-bond acceptors (Lipinski definition) is 4. The van der Waals surface area contributed by atoms with E-state index in [-0.39, 0.29) is 11.6 Å². The maximum absolute atomic E-state index is 12.4. The van der Waals surface area contributed by atoms with Crippen LogP contribution >= 0.6 is 0 Å². The molecule has 0 saturated carbocycles. The summed E-state index contributed by atoms with van der Waals surface area (Å²) < 4.78 is 5.79. The van der Waals surface area contributed by atoms with Gasteiger partial charge in [-0.3, -0.25) is 14.9 Å². The van der Waals surface area contributed by atoms with Gasteiger partial charge in [0.1, 0.15) is 5.75 Å². The molecule has 0 heterocycles. The Labute approximate surface area is 152 Å². The summed E-state index contributed by atoms with van der Waals surface area (Å²) in [6.07, 6.45) is 3.82. The van der Waals surface area contributed by atoms with Gasteiger partial charge < -0.3 is 10.1 Å². The van der Waals surface area contributed by atoms with E-state index in [0.29, 0.717) is 17.0 Å². The number of anilines is 1. The number of nitrogens with one attached hydrogen (secondary N) is 1. The molecule has 0 fully saturated rings. The van der Waals surface area contributed by atoms with Crippen molar-refractivity contribution in [2.45, 2.75) is 45.6 Å². The largest absolute Gasteiger partial charge is 0.481 e. The van der Waals surface area contributed by atoms with E-state index in [9.17, 15) is 14.9 Å². The number of carbonyl (C=O) groups excluding carboxylic acids is 1. The number of carbonyl (C=O) groups is 1. The second-order valence-corrected chi connectivity index (χ2v) is 6.59. The topological polar surface area (TPSA) is 81.5 Å². The highest BCUT2D eigenvalue weighted by molar-refractivity contribution is 5.95. The third kappa shape index (κ3) is 3.85. The SMILES string of the molecule is Cc1c(NC(=O)C(C)Oc2ccc3c(c2)CCCC3)cccc1[N+](=O)[O-]. The third-order valence-electron chi connectivity index (χ3n) is 4.76. The fourth-order valence-electron chi connectivity index (χ4n) is 3.23. The molecule has 0 radical (unpaired) electrons. The first kappa shape index (κ1) is 17.9. The Kier molecular flexibility index (Phi) is 5.21. The maximum Gasteiger partial charge on any atom is 0.274 e. The minimum atomic E-state index is -0.713. The lowest BCUT2D eigenvalue weighted by molar-refractivity contribution is -0.385. The van der Waals surface area contributed by atoms with Gasteiger partial charge in [-0.1, -0.05) is 12.1 Å². The van der Waals surface area contributed by atoms with E-state index in [2.05, 4.69) is 11.4 Å². The van der Waals surface area contributed by atoms with Crippen LogP contribution in [0.2, 0.25) is 0 Å². The van der Waals surface area contributed by atoms with E-state index < -0.39 is 11.0 Å². The predicted octanol–water partition coefficient (Wildman–Crippen LogP) is 4.19. The maximum atomic E-state index is 12.4.